The molecule has 31 heavy (non-hydrogen) atoms. The lowest BCUT2D eigenvalue weighted by Crippen LogP contribution is -2.42. The fraction of sp³-hybridized carbons (Fsp3) is 0.227. The van der Waals surface area contributed by atoms with Gasteiger partial charge in [0.25, 0.3) is 11.1 Å². The highest BCUT2D eigenvalue weighted by molar-refractivity contribution is 9.10. The predicted octanol–water partition coefficient (Wildman–Crippen LogP) is 5.16. The molecule has 1 atom stereocenters. The summed E-state index contributed by atoms with van der Waals surface area (Å²) in [5, 5.41) is -0.527. The number of thioether (sulfide) groups is 1. The maximum absolute atomic E-state index is 13.7. The summed E-state index contributed by atoms with van der Waals surface area (Å²) < 4.78 is 24.9. The third-order valence-corrected chi connectivity index (χ3v) is 5.94. The summed E-state index contributed by atoms with van der Waals surface area (Å²) in [6, 6.07) is 10.5. The maximum Gasteiger partial charge on any atom is 0.329 e. The number of hydrogen-bond acceptors (Lipinski definition) is 6. The number of amides is 2. The van der Waals surface area contributed by atoms with E-state index in [-0.39, 0.29) is 23.9 Å². The van der Waals surface area contributed by atoms with Gasteiger partial charge in [-0.3, -0.25) is 14.5 Å². The van der Waals surface area contributed by atoms with Crippen LogP contribution in [0.15, 0.2) is 51.8 Å². The van der Waals surface area contributed by atoms with Gasteiger partial charge in [-0.15, -0.1) is 0 Å². The highest BCUT2D eigenvalue weighted by Gasteiger charge is 2.41. The molecule has 1 heterocycles. The first-order chi connectivity index (χ1) is 14.8. The molecule has 1 saturated heterocycles. The fourth-order valence-corrected chi connectivity index (χ4v) is 4.25. The molecule has 0 aliphatic carbocycles. The average Bonchev–Trinajstić information content (AvgIpc) is 3.01. The van der Waals surface area contributed by atoms with Crippen molar-refractivity contribution in [2.45, 2.75) is 26.5 Å². The number of benzene rings is 2. The lowest BCUT2D eigenvalue weighted by Gasteiger charge is -2.19. The Hall–Kier alpha value is -2.65. The van der Waals surface area contributed by atoms with Crippen molar-refractivity contribution in [1.82, 2.24) is 4.90 Å². The van der Waals surface area contributed by atoms with E-state index < -0.39 is 23.2 Å². The molecule has 0 radical (unpaired) electrons. The van der Waals surface area contributed by atoms with E-state index in [4.69, 9.17) is 9.47 Å². The zero-order chi connectivity index (χ0) is 22.5. The van der Waals surface area contributed by atoms with Crippen LogP contribution >= 0.6 is 27.7 Å². The van der Waals surface area contributed by atoms with Gasteiger partial charge in [-0.25, -0.2) is 9.18 Å². The summed E-state index contributed by atoms with van der Waals surface area (Å²) in [4.78, 5) is 37.9. The van der Waals surface area contributed by atoms with Crippen molar-refractivity contribution in [3.05, 3.63) is 68.8 Å². The molecule has 1 fully saturated rings. The van der Waals surface area contributed by atoms with Gasteiger partial charge in [0.05, 0.1) is 16.0 Å². The smallest absolute Gasteiger partial charge is 0.329 e. The highest BCUT2D eigenvalue weighted by Crippen LogP contribution is 2.35. The number of carbonyl (C=O) groups excluding carboxylic acids is 3. The van der Waals surface area contributed by atoms with E-state index in [1.807, 2.05) is 0 Å². The molecule has 2 aromatic rings. The second kappa shape index (κ2) is 10.1. The second-order valence-electron chi connectivity index (χ2n) is 6.55. The first-order valence-electron chi connectivity index (χ1n) is 9.41. The van der Waals surface area contributed by atoms with E-state index in [0.717, 1.165) is 16.7 Å². The predicted molar refractivity (Wildman–Crippen MR) is 119 cm³/mol. The van der Waals surface area contributed by atoms with E-state index in [1.54, 1.807) is 49.4 Å². The largest absolute Gasteiger partial charge is 0.488 e. The SMILES string of the molecule is CCOC(=O)[C@H](C)N1C(=O)S/C(=C/c2ccc(OCc3ccccc3F)c(Br)c2)C1=O. The van der Waals surface area contributed by atoms with Crippen LogP contribution in [0.1, 0.15) is 25.0 Å². The zero-order valence-electron chi connectivity index (χ0n) is 16.8. The Labute approximate surface area is 191 Å². The van der Waals surface area contributed by atoms with Crippen molar-refractivity contribution in [2.75, 3.05) is 6.61 Å². The number of hydrogen-bond donors (Lipinski definition) is 0. The molecule has 162 valence electrons. The third-order valence-electron chi connectivity index (χ3n) is 4.43. The Kier molecular flexibility index (Phi) is 7.50. The molecule has 1 aliphatic heterocycles. The van der Waals surface area contributed by atoms with Crippen LogP contribution in [0.4, 0.5) is 9.18 Å². The van der Waals surface area contributed by atoms with Crippen LogP contribution in [0.5, 0.6) is 5.75 Å². The van der Waals surface area contributed by atoms with E-state index in [9.17, 15) is 18.8 Å². The van der Waals surface area contributed by atoms with Gasteiger partial charge in [0, 0.05) is 5.56 Å². The molecular formula is C22H19BrFNO5S. The average molecular weight is 508 g/mol. The van der Waals surface area contributed by atoms with E-state index in [1.165, 1.54) is 13.0 Å². The third kappa shape index (κ3) is 5.34. The Bertz CT molecular complexity index is 1060. The van der Waals surface area contributed by atoms with Crippen LogP contribution in [0.25, 0.3) is 6.08 Å². The second-order valence-corrected chi connectivity index (χ2v) is 8.40. The molecule has 0 spiro atoms. The van der Waals surface area contributed by atoms with Crippen LogP contribution in [-0.2, 0) is 20.9 Å². The topological polar surface area (TPSA) is 72.9 Å². The van der Waals surface area contributed by atoms with Crippen LogP contribution in [-0.4, -0.2) is 34.7 Å². The monoisotopic (exact) mass is 507 g/mol. The molecule has 1 aliphatic rings. The standard InChI is InChI=1S/C22H19BrFNO5S/c1-3-29-21(27)13(2)25-20(26)19(31-22(25)28)11-14-8-9-18(16(23)10-14)30-12-15-6-4-5-7-17(15)24/h4-11,13H,3,12H2,1-2H3/b19-11+/t13-/m0/s1. The van der Waals surface area contributed by atoms with Crippen LogP contribution < -0.4 is 4.74 Å². The summed E-state index contributed by atoms with van der Waals surface area (Å²) in [6.07, 6.45) is 1.56. The van der Waals surface area contributed by atoms with Crippen molar-refractivity contribution in [1.29, 1.82) is 0 Å². The van der Waals surface area contributed by atoms with Gasteiger partial charge in [0.1, 0.15) is 24.2 Å². The van der Waals surface area contributed by atoms with Crippen molar-refractivity contribution < 1.29 is 28.2 Å². The lowest BCUT2D eigenvalue weighted by atomic mass is 10.2. The molecule has 3 rings (SSSR count). The van der Waals surface area contributed by atoms with Gasteiger partial charge in [-0.05, 0) is 71.4 Å². The minimum atomic E-state index is -1.00. The summed E-state index contributed by atoms with van der Waals surface area (Å²) in [5.74, 6) is -1.02. The molecule has 0 saturated carbocycles. The molecule has 6 nitrogen and oxygen atoms in total. The molecule has 2 amide bonds. The van der Waals surface area contributed by atoms with Crippen molar-refractivity contribution >= 4 is 50.9 Å². The van der Waals surface area contributed by atoms with Gasteiger partial charge < -0.3 is 9.47 Å². The van der Waals surface area contributed by atoms with Gasteiger partial charge in [-0.2, -0.15) is 0 Å². The number of nitrogens with zero attached hydrogens (tertiary/aromatic N) is 1. The molecule has 0 aromatic heterocycles. The minimum absolute atomic E-state index is 0.0647. The Morgan fingerprint density at radius 3 is 2.68 bits per heavy atom. The van der Waals surface area contributed by atoms with E-state index >= 15 is 0 Å². The maximum atomic E-state index is 13.7. The highest BCUT2D eigenvalue weighted by atomic mass is 79.9. The molecule has 0 N–H and O–H groups in total. The number of rotatable bonds is 7. The first kappa shape index (κ1) is 23.0. The van der Waals surface area contributed by atoms with Crippen LogP contribution in [0.2, 0.25) is 0 Å². The van der Waals surface area contributed by atoms with Gasteiger partial charge in [0.2, 0.25) is 0 Å². The van der Waals surface area contributed by atoms with E-state index in [0.29, 0.717) is 21.3 Å². The number of ether oxygens (including phenoxy) is 2. The van der Waals surface area contributed by atoms with Gasteiger partial charge in [0.15, 0.2) is 0 Å². The molecular weight excluding hydrogens is 489 g/mol. The van der Waals surface area contributed by atoms with Crippen LogP contribution in [0.3, 0.4) is 0 Å². The number of halogens is 2. The fourth-order valence-electron chi connectivity index (χ4n) is 2.83. The molecule has 9 heteroatoms. The van der Waals surface area contributed by atoms with Crippen molar-refractivity contribution in [3.63, 3.8) is 0 Å². The van der Waals surface area contributed by atoms with Crippen molar-refractivity contribution in [3.8, 4) is 5.75 Å². The lowest BCUT2D eigenvalue weighted by molar-refractivity contribution is -0.150. The molecule has 0 bridgehead atoms. The van der Waals surface area contributed by atoms with Gasteiger partial charge >= 0.3 is 5.97 Å². The summed E-state index contributed by atoms with van der Waals surface area (Å²) in [6.45, 7) is 3.33. The molecule has 0 unspecified atom stereocenters. The van der Waals surface area contributed by atoms with E-state index in [2.05, 4.69) is 15.9 Å². The number of imide groups is 1. The van der Waals surface area contributed by atoms with Gasteiger partial charge in [-0.1, -0.05) is 24.3 Å². The Balaban J connectivity index is 1.73. The first-order valence-corrected chi connectivity index (χ1v) is 11.0. The minimum Gasteiger partial charge on any atom is -0.488 e. The summed E-state index contributed by atoms with van der Waals surface area (Å²) in [5.41, 5.74) is 1.09. The van der Waals surface area contributed by atoms with Crippen LogP contribution in [0, 0.1) is 5.82 Å². The Morgan fingerprint density at radius 2 is 2.00 bits per heavy atom. The quantitative estimate of drug-likeness (QED) is 0.380. The Morgan fingerprint density at radius 1 is 1.26 bits per heavy atom. The zero-order valence-corrected chi connectivity index (χ0v) is 19.2. The number of esters is 1. The normalized spacial score (nSPS) is 16.0. The summed E-state index contributed by atoms with van der Waals surface area (Å²) in [7, 11) is 0. The number of carbonyl (C=O) groups is 3. The molecule has 2 aromatic carbocycles. The van der Waals surface area contributed by atoms with Crippen molar-refractivity contribution in [2.24, 2.45) is 0 Å². The summed E-state index contributed by atoms with van der Waals surface area (Å²) >= 11 is 4.17.